The van der Waals surface area contributed by atoms with E-state index in [0.29, 0.717) is 11.8 Å². The average Bonchev–Trinajstić information content (AvgIpc) is 3.54. The molecule has 0 saturated carbocycles. The van der Waals surface area contributed by atoms with Gasteiger partial charge in [0.05, 0.1) is 0 Å². The molecule has 0 N–H and O–H groups in total. The maximum absolute atomic E-state index is 5.81. The van der Waals surface area contributed by atoms with Gasteiger partial charge in [0.25, 0.3) is 11.4 Å². The average molecular weight is 715 g/mol. The predicted octanol–water partition coefficient (Wildman–Crippen LogP) is 8.33. The van der Waals surface area contributed by atoms with E-state index in [2.05, 4.69) is 114 Å². The Morgan fingerprint density at radius 3 is 2.37 bits per heavy atom. The number of aryl methyl sites for hydroxylation is 3. The molecular weight excluding hydrogens is 685 g/mol. The van der Waals surface area contributed by atoms with Crippen LogP contribution in [-0.2, 0) is 20.1 Å². The molecule has 0 amide bonds. The molecule has 205 valence electrons. The molecule has 0 unspecified atom stereocenters. The summed E-state index contributed by atoms with van der Waals surface area (Å²) in [4.78, 5) is 8.71. The zero-order valence-electron chi connectivity index (χ0n) is 23.7. The van der Waals surface area contributed by atoms with E-state index in [1.807, 2.05) is 36.5 Å². The normalized spacial score (nSPS) is 12.0. The van der Waals surface area contributed by atoms with Crippen molar-refractivity contribution in [1.82, 2.24) is 14.5 Å². The summed E-state index contributed by atoms with van der Waals surface area (Å²) in [7, 11) is 0. The van der Waals surface area contributed by atoms with Crippen LogP contribution in [0.3, 0.4) is 0 Å². The van der Waals surface area contributed by atoms with Gasteiger partial charge in [0.1, 0.15) is 5.69 Å². The SMILES string of the molecule is CC(C)[N+]1=C=[N+](c2[c-]cc3oc4ncccc4c3c2)c2ccccc21.Cc1c[c-]c(-c2cc(C)c(C)cn2)cc1.[Ir]. The number of benzene rings is 3. The van der Waals surface area contributed by atoms with Crippen molar-refractivity contribution in [2.24, 2.45) is 0 Å². The third-order valence-electron chi connectivity index (χ3n) is 7.13. The van der Waals surface area contributed by atoms with E-state index in [0.717, 1.165) is 44.7 Å². The molecule has 1 radical (unpaired) electrons. The Bertz CT molecular complexity index is 1950. The third kappa shape index (κ3) is 5.55. The van der Waals surface area contributed by atoms with E-state index in [9.17, 15) is 0 Å². The van der Waals surface area contributed by atoms with Crippen LogP contribution in [0.2, 0.25) is 0 Å². The van der Waals surface area contributed by atoms with Gasteiger partial charge in [-0.05, 0) is 51.1 Å². The molecule has 0 fully saturated rings. The molecule has 7 rings (SSSR count). The van der Waals surface area contributed by atoms with Crippen LogP contribution in [0.15, 0.2) is 89.6 Å². The van der Waals surface area contributed by atoms with Crippen molar-refractivity contribution >= 4 is 45.1 Å². The maximum atomic E-state index is 5.81. The zero-order valence-corrected chi connectivity index (χ0v) is 26.1. The molecule has 4 heterocycles. The number of aromatic nitrogens is 2. The monoisotopic (exact) mass is 715 g/mol. The zero-order chi connectivity index (χ0) is 27.8. The summed E-state index contributed by atoms with van der Waals surface area (Å²) in [6, 6.07) is 34.9. The molecule has 41 heavy (non-hydrogen) atoms. The van der Waals surface area contributed by atoms with Gasteiger partial charge in [-0.1, -0.05) is 51.3 Å². The van der Waals surface area contributed by atoms with Crippen molar-refractivity contribution in [2.45, 2.75) is 40.7 Å². The van der Waals surface area contributed by atoms with Gasteiger partial charge in [0.2, 0.25) is 5.71 Å². The van der Waals surface area contributed by atoms with E-state index in [1.54, 1.807) is 6.20 Å². The van der Waals surface area contributed by atoms with E-state index in [1.165, 1.54) is 16.7 Å². The second-order valence-corrected chi connectivity index (χ2v) is 10.4. The standard InChI is InChI=1S/C21H16N3O.C14H14N.Ir/c1-14(2)23-13-24(19-8-4-3-7-18(19)23)15-9-10-20-17(12-15)16-6-5-11-22-21(16)25-20;1-10-4-6-13(7-5-10)14-8-11(2)12(3)9-15-14;/h3-8,10-12,14H,1-2H3;4-6,8-9H,1-3H3;/q+1;-1;. The molecule has 0 aliphatic carbocycles. The number of para-hydroxylation sites is 2. The number of hydrogen-bond acceptors (Lipinski definition) is 3. The second-order valence-electron chi connectivity index (χ2n) is 10.4. The summed E-state index contributed by atoms with van der Waals surface area (Å²) in [6.07, 6.45) is 3.66. The predicted molar refractivity (Wildman–Crippen MR) is 161 cm³/mol. The Kier molecular flexibility index (Phi) is 8.10. The number of pyridine rings is 2. The van der Waals surface area contributed by atoms with Crippen LogP contribution in [0.5, 0.6) is 0 Å². The number of fused-ring (bicyclic) bond motifs is 4. The van der Waals surface area contributed by atoms with Crippen molar-refractivity contribution in [3.8, 4) is 11.3 Å². The van der Waals surface area contributed by atoms with Crippen molar-refractivity contribution in [3.05, 3.63) is 114 Å². The van der Waals surface area contributed by atoms with E-state index >= 15 is 0 Å². The smallest absolute Gasteiger partial charge is 0.494 e. The first-order chi connectivity index (χ1) is 19.4. The molecule has 0 saturated heterocycles. The van der Waals surface area contributed by atoms with Crippen molar-refractivity contribution in [3.63, 3.8) is 0 Å². The topological polar surface area (TPSA) is 44.9 Å². The minimum atomic E-state index is 0. The summed E-state index contributed by atoms with van der Waals surface area (Å²) in [5.74, 6) is 0. The fourth-order valence-corrected chi connectivity index (χ4v) is 4.76. The maximum Gasteiger partial charge on any atom is 0.494 e. The number of rotatable bonds is 3. The molecule has 1 aliphatic rings. The quantitative estimate of drug-likeness (QED) is 0.137. The minimum Gasteiger partial charge on any atom is -0.502 e. The van der Waals surface area contributed by atoms with Crippen LogP contribution in [0, 0.1) is 32.9 Å². The molecule has 5 nitrogen and oxygen atoms in total. The van der Waals surface area contributed by atoms with E-state index in [-0.39, 0.29) is 20.1 Å². The van der Waals surface area contributed by atoms with Crippen LogP contribution >= 0.6 is 0 Å². The van der Waals surface area contributed by atoms with Crippen LogP contribution in [0.25, 0.3) is 33.3 Å². The van der Waals surface area contributed by atoms with Crippen LogP contribution < -0.4 is 4.58 Å². The van der Waals surface area contributed by atoms with E-state index in [4.69, 9.17) is 4.42 Å². The summed E-state index contributed by atoms with van der Waals surface area (Å²) in [6.45, 7) is 10.6. The Hall–Kier alpha value is -4.21. The van der Waals surface area contributed by atoms with Crippen LogP contribution in [-0.4, -0.2) is 26.6 Å². The Labute approximate surface area is 253 Å². The van der Waals surface area contributed by atoms with Crippen molar-refractivity contribution in [2.75, 3.05) is 0 Å². The number of hydrogen-bond donors (Lipinski definition) is 0. The summed E-state index contributed by atoms with van der Waals surface area (Å²) < 4.78 is 10.0. The summed E-state index contributed by atoms with van der Waals surface area (Å²) >= 11 is 0. The number of nitrogens with zero attached hydrogens (tertiary/aromatic N) is 4. The fraction of sp³-hybridized carbons (Fsp3) is 0.171. The summed E-state index contributed by atoms with van der Waals surface area (Å²) in [5.41, 5.74) is 10.4. The minimum absolute atomic E-state index is 0. The van der Waals surface area contributed by atoms with Gasteiger partial charge in [0, 0.05) is 55.6 Å². The van der Waals surface area contributed by atoms with Gasteiger partial charge in [-0.25, -0.2) is 4.98 Å². The molecule has 3 aromatic carbocycles. The summed E-state index contributed by atoms with van der Waals surface area (Å²) in [5, 5.41) is 2.06. The molecular formula is C35H30IrN4O. The molecule has 0 atom stereocenters. The molecule has 6 heteroatoms. The van der Waals surface area contributed by atoms with Gasteiger partial charge >= 0.3 is 6.01 Å². The first-order valence-electron chi connectivity index (χ1n) is 13.4. The molecule has 6 aromatic rings. The molecule has 1 aliphatic heterocycles. The van der Waals surface area contributed by atoms with Crippen molar-refractivity contribution < 1.29 is 29.1 Å². The Morgan fingerprint density at radius 1 is 0.829 bits per heavy atom. The largest absolute Gasteiger partial charge is 0.502 e. The Balaban J connectivity index is 0.000000182. The fourth-order valence-electron chi connectivity index (χ4n) is 4.76. The Morgan fingerprint density at radius 2 is 1.63 bits per heavy atom. The van der Waals surface area contributed by atoms with Gasteiger partial charge < -0.3 is 9.40 Å². The van der Waals surface area contributed by atoms with Gasteiger partial charge in [-0.3, -0.25) is 0 Å². The molecule has 0 spiro atoms. The van der Waals surface area contributed by atoms with Gasteiger partial charge in [-0.15, -0.1) is 47.5 Å². The molecule has 3 aromatic heterocycles. The molecule has 0 bridgehead atoms. The van der Waals surface area contributed by atoms with Crippen LogP contribution in [0.4, 0.5) is 17.1 Å². The van der Waals surface area contributed by atoms with Crippen LogP contribution in [0.1, 0.15) is 30.5 Å². The number of furan rings is 1. The van der Waals surface area contributed by atoms with Crippen molar-refractivity contribution in [1.29, 1.82) is 0 Å². The second kappa shape index (κ2) is 11.7. The first kappa shape index (κ1) is 28.3. The van der Waals surface area contributed by atoms with E-state index < -0.39 is 0 Å². The van der Waals surface area contributed by atoms with Gasteiger partial charge in [0.15, 0.2) is 6.04 Å². The van der Waals surface area contributed by atoms with Gasteiger partial charge in [-0.2, -0.15) is 0 Å². The first-order valence-corrected chi connectivity index (χ1v) is 13.4. The third-order valence-corrected chi connectivity index (χ3v) is 7.13.